The van der Waals surface area contributed by atoms with Gasteiger partial charge in [-0.3, -0.25) is 4.79 Å². The molecule has 1 aromatic heterocycles. The Morgan fingerprint density at radius 2 is 2.04 bits per heavy atom. The lowest BCUT2D eigenvalue weighted by molar-refractivity contribution is -0.0501. The first-order valence-electron chi connectivity index (χ1n) is 7.77. The number of amides is 1. The molecule has 140 valence electrons. The van der Waals surface area contributed by atoms with Gasteiger partial charge in [-0.1, -0.05) is 29.8 Å². The smallest absolute Gasteiger partial charge is 0.387 e. The molecule has 0 aliphatic carbocycles. The van der Waals surface area contributed by atoms with Crippen molar-refractivity contribution in [2.45, 2.75) is 13.3 Å². The average Bonchev–Trinajstić information content (AvgIpc) is 3.07. The fraction of sp³-hybridized carbons (Fsp3) is 0.111. The fourth-order valence-electron chi connectivity index (χ4n) is 2.25. The lowest BCUT2D eigenvalue weighted by Gasteiger charge is -2.10. The van der Waals surface area contributed by atoms with Crippen LogP contribution in [0.15, 0.2) is 60.9 Å². The Bertz CT molecular complexity index is 933. The maximum absolute atomic E-state index is 12.5. The van der Waals surface area contributed by atoms with E-state index < -0.39 is 12.5 Å². The molecular formula is C18H14ClF2N3O3. The van der Waals surface area contributed by atoms with Crippen molar-refractivity contribution in [1.82, 2.24) is 9.78 Å². The Morgan fingerprint density at radius 3 is 2.81 bits per heavy atom. The average molecular weight is 394 g/mol. The van der Waals surface area contributed by atoms with E-state index in [9.17, 15) is 13.6 Å². The highest BCUT2D eigenvalue weighted by molar-refractivity contribution is 6.30. The van der Waals surface area contributed by atoms with Crippen LogP contribution in [0.5, 0.6) is 11.5 Å². The fourth-order valence-corrected chi connectivity index (χ4v) is 2.43. The normalized spacial score (nSPS) is 10.7. The van der Waals surface area contributed by atoms with Crippen LogP contribution in [0.4, 0.5) is 14.5 Å². The summed E-state index contributed by atoms with van der Waals surface area (Å²) in [5.74, 6) is -0.232. The van der Waals surface area contributed by atoms with E-state index in [0.29, 0.717) is 16.5 Å². The number of hydrogen-bond acceptors (Lipinski definition) is 4. The van der Waals surface area contributed by atoms with E-state index in [1.165, 1.54) is 29.1 Å². The van der Waals surface area contributed by atoms with Crippen molar-refractivity contribution in [3.05, 3.63) is 71.5 Å². The summed E-state index contributed by atoms with van der Waals surface area (Å²) in [5.41, 5.74) is 0.363. The van der Waals surface area contributed by atoms with Crippen LogP contribution in [0, 0.1) is 0 Å². The molecule has 0 saturated heterocycles. The Balaban J connectivity index is 1.63. The van der Waals surface area contributed by atoms with E-state index in [0.717, 1.165) is 0 Å². The number of nitrogens with zero attached hydrogens (tertiary/aromatic N) is 2. The third-order valence-corrected chi connectivity index (χ3v) is 3.63. The van der Waals surface area contributed by atoms with Gasteiger partial charge in [-0.05, 0) is 30.3 Å². The Morgan fingerprint density at radius 1 is 1.22 bits per heavy atom. The molecule has 0 atom stereocenters. The lowest BCUT2D eigenvalue weighted by atomic mass is 10.2. The van der Waals surface area contributed by atoms with Crippen LogP contribution in [0.25, 0.3) is 0 Å². The third-order valence-electron chi connectivity index (χ3n) is 3.40. The number of aromatic nitrogens is 2. The van der Waals surface area contributed by atoms with Gasteiger partial charge in [-0.2, -0.15) is 13.9 Å². The van der Waals surface area contributed by atoms with Gasteiger partial charge in [0.1, 0.15) is 11.5 Å². The van der Waals surface area contributed by atoms with Crippen LogP contribution in [0.1, 0.15) is 10.4 Å². The second kappa shape index (κ2) is 8.50. The molecule has 0 unspecified atom stereocenters. The van der Waals surface area contributed by atoms with E-state index in [1.54, 1.807) is 36.5 Å². The quantitative estimate of drug-likeness (QED) is 0.645. The number of alkyl halides is 2. The first-order valence-corrected chi connectivity index (χ1v) is 8.15. The predicted molar refractivity (Wildman–Crippen MR) is 95.3 cm³/mol. The molecule has 0 aliphatic heterocycles. The molecule has 9 heteroatoms. The van der Waals surface area contributed by atoms with E-state index >= 15 is 0 Å². The summed E-state index contributed by atoms with van der Waals surface area (Å²) in [5, 5.41) is 7.19. The van der Waals surface area contributed by atoms with Gasteiger partial charge >= 0.3 is 6.61 Å². The largest absolute Gasteiger partial charge is 0.471 e. The summed E-state index contributed by atoms with van der Waals surface area (Å²) in [4.78, 5) is 12.3. The van der Waals surface area contributed by atoms with E-state index in [-0.39, 0.29) is 18.0 Å². The van der Waals surface area contributed by atoms with Crippen molar-refractivity contribution in [3.63, 3.8) is 0 Å². The molecule has 0 aliphatic rings. The zero-order valence-corrected chi connectivity index (χ0v) is 14.6. The van der Waals surface area contributed by atoms with Crippen LogP contribution in [-0.4, -0.2) is 22.3 Å². The van der Waals surface area contributed by atoms with Crippen LogP contribution in [0.3, 0.4) is 0 Å². The minimum atomic E-state index is -3.02. The molecule has 0 fully saturated rings. The number of anilines is 1. The van der Waals surface area contributed by atoms with Gasteiger partial charge in [-0.15, -0.1) is 0 Å². The molecule has 0 saturated carbocycles. The van der Waals surface area contributed by atoms with Crippen LogP contribution in [0.2, 0.25) is 5.02 Å². The highest BCUT2D eigenvalue weighted by Gasteiger charge is 2.16. The summed E-state index contributed by atoms with van der Waals surface area (Å²) in [6.07, 6.45) is 2.95. The summed E-state index contributed by atoms with van der Waals surface area (Å²) < 4.78 is 36.3. The standard InChI is InChI=1S/C18H14ClF2N3O3/c19-12-4-3-5-14(8-12)26-11-24-10-13(9-22-24)23-17(25)15-6-1-2-7-16(15)27-18(20)21/h1-10,18H,11H2,(H,23,25). The molecule has 3 aromatic rings. The zero-order chi connectivity index (χ0) is 19.2. The Kier molecular flexibility index (Phi) is 5.87. The highest BCUT2D eigenvalue weighted by atomic mass is 35.5. The number of halogens is 3. The molecule has 27 heavy (non-hydrogen) atoms. The molecule has 0 radical (unpaired) electrons. The number of para-hydroxylation sites is 1. The topological polar surface area (TPSA) is 65.4 Å². The number of benzene rings is 2. The van der Waals surface area contributed by atoms with E-state index in [1.807, 2.05) is 0 Å². The van der Waals surface area contributed by atoms with Gasteiger partial charge in [0.15, 0.2) is 6.73 Å². The van der Waals surface area contributed by atoms with Crippen molar-refractivity contribution in [2.24, 2.45) is 0 Å². The number of carbonyl (C=O) groups is 1. The van der Waals surface area contributed by atoms with Gasteiger partial charge in [0.2, 0.25) is 0 Å². The molecule has 0 bridgehead atoms. The van der Waals surface area contributed by atoms with Crippen LogP contribution >= 0.6 is 11.6 Å². The molecular weight excluding hydrogens is 380 g/mol. The molecule has 6 nitrogen and oxygen atoms in total. The monoisotopic (exact) mass is 393 g/mol. The zero-order valence-electron chi connectivity index (χ0n) is 13.8. The van der Waals surface area contributed by atoms with E-state index in [4.69, 9.17) is 16.3 Å². The number of carbonyl (C=O) groups excluding carboxylic acids is 1. The van der Waals surface area contributed by atoms with Crippen molar-refractivity contribution in [3.8, 4) is 11.5 Å². The lowest BCUT2D eigenvalue weighted by Crippen LogP contribution is -2.14. The first kappa shape index (κ1) is 18.7. The predicted octanol–water partition coefficient (Wildman–Crippen LogP) is 4.43. The molecule has 1 heterocycles. The highest BCUT2D eigenvalue weighted by Crippen LogP contribution is 2.22. The molecule has 1 N–H and O–H groups in total. The number of ether oxygens (including phenoxy) is 2. The van der Waals surface area contributed by atoms with Gasteiger partial charge < -0.3 is 14.8 Å². The molecule has 2 aromatic carbocycles. The minimum absolute atomic E-state index is 0.0132. The van der Waals surface area contributed by atoms with Crippen molar-refractivity contribution in [1.29, 1.82) is 0 Å². The van der Waals surface area contributed by atoms with Gasteiger partial charge in [0.25, 0.3) is 5.91 Å². The van der Waals surface area contributed by atoms with Crippen LogP contribution in [-0.2, 0) is 6.73 Å². The Hall–Kier alpha value is -3.13. The molecule has 3 rings (SSSR count). The van der Waals surface area contributed by atoms with Crippen molar-refractivity contribution in [2.75, 3.05) is 5.32 Å². The SMILES string of the molecule is O=C(Nc1cnn(COc2cccc(Cl)c2)c1)c1ccccc1OC(F)F. The van der Waals surface area contributed by atoms with Crippen molar-refractivity contribution < 1.29 is 23.0 Å². The number of rotatable bonds is 7. The van der Waals surface area contributed by atoms with Gasteiger partial charge in [-0.25, -0.2) is 4.68 Å². The van der Waals surface area contributed by atoms with Crippen LogP contribution < -0.4 is 14.8 Å². The first-order chi connectivity index (χ1) is 13.0. The van der Waals surface area contributed by atoms with Crippen molar-refractivity contribution >= 4 is 23.2 Å². The maximum atomic E-state index is 12.5. The number of nitrogens with one attached hydrogen (secondary N) is 1. The Labute approximate surface area is 158 Å². The summed E-state index contributed by atoms with van der Waals surface area (Å²) in [6, 6.07) is 12.6. The second-order valence-electron chi connectivity index (χ2n) is 5.33. The van der Waals surface area contributed by atoms with Gasteiger partial charge in [0, 0.05) is 5.02 Å². The second-order valence-corrected chi connectivity index (χ2v) is 5.76. The van der Waals surface area contributed by atoms with E-state index in [2.05, 4.69) is 15.2 Å². The summed E-state index contributed by atoms with van der Waals surface area (Å²) in [6.45, 7) is -2.92. The minimum Gasteiger partial charge on any atom is -0.471 e. The maximum Gasteiger partial charge on any atom is 0.387 e. The molecule has 0 spiro atoms. The third kappa shape index (κ3) is 5.18. The number of hydrogen-bond donors (Lipinski definition) is 1. The van der Waals surface area contributed by atoms with Gasteiger partial charge in [0.05, 0.1) is 23.6 Å². The summed E-state index contributed by atoms with van der Waals surface area (Å²) in [7, 11) is 0. The summed E-state index contributed by atoms with van der Waals surface area (Å²) >= 11 is 5.88. The molecule has 1 amide bonds.